The molecule has 6 nitrogen and oxygen atoms in total. The van der Waals surface area contributed by atoms with Crippen LogP contribution in [0.4, 0.5) is 0 Å². The van der Waals surface area contributed by atoms with Crippen LogP contribution in [0.25, 0.3) is 10.8 Å². The fourth-order valence-corrected chi connectivity index (χ4v) is 1.78. The van der Waals surface area contributed by atoms with Crippen molar-refractivity contribution in [3.8, 4) is 5.75 Å². The molecule has 0 spiro atoms. The highest BCUT2D eigenvalue weighted by Gasteiger charge is 2.16. The van der Waals surface area contributed by atoms with E-state index in [1.807, 2.05) is 13.0 Å². The molecule has 0 unspecified atom stereocenters. The van der Waals surface area contributed by atoms with Crippen LogP contribution < -0.4 is 5.32 Å². The summed E-state index contributed by atoms with van der Waals surface area (Å²) >= 11 is 0. The summed E-state index contributed by atoms with van der Waals surface area (Å²) in [5.74, 6) is -2.13. The number of aliphatic carboxylic acids is 1. The first-order chi connectivity index (χ1) is 9.00. The van der Waals surface area contributed by atoms with E-state index in [0.29, 0.717) is 5.39 Å². The molecule has 1 amide bonds. The van der Waals surface area contributed by atoms with Gasteiger partial charge in [-0.2, -0.15) is 0 Å². The SMILES string of the molecule is Cc1cccc2c(O)c(C(=O)NCC(=O)O)ncc12. The Kier molecular flexibility index (Phi) is 3.33. The largest absolute Gasteiger partial charge is 0.505 e. The average Bonchev–Trinajstić information content (AvgIpc) is 2.37. The Hall–Kier alpha value is -2.63. The number of nitrogens with zero attached hydrogens (tertiary/aromatic N) is 1. The Morgan fingerprint density at radius 3 is 2.74 bits per heavy atom. The van der Waals surface area contributed by atoms with Gasteiger partial charge in [-0.3, -0.25) is 9.59 Å². The molecule has 2 rings (SSSR count). The molecule has 1 aromatic carbocycles. The standard InChI is InChI=1S/C13H12N2O4/c1-7-3-2-4-8-9(7)5-14-11(12(8)18)13(19)15-6-10(16)17/h2-5,18H,6H2,1H3,(H,15,19)(H,16,17). The van der Waals surface area contributed by atoms with E-state index in [1.165, 1.54) is 6.20 Å². The van der Waals surface area contributed by atoms with Crippen molar-refractivity contribution < 1.29 is 19.8 Å². The molecule has 1 aromatic heterocycles. The van der Waals surface area contributed by atoms with Gasteiger partial charge in [-0.15, -0.1) is 0 Å². The second-order valence-electron chi connectivity index (χ2n) is 4.07. The summed E-state index contributed by atoms with van der Waals surface area (Å²) in [6.45, 7) is 1.35. The number of rotatable bonds is 3. The summed E-state index contributed by atoms with van der Waals surface area (Å²) in [5.41, 5.74) is 0.747. The van der Waals surface area contributed by atoms with Crippen LogP contribution in [0.5, 0.6) is 5.75 Å². The van der Waals surface area contributed by atoms with Crippen LogP contribution in [0.1, 0.15) is 16.1 Å². The summed E-state index contributed by atoms with van der Waals surface area (Å²) in [7, 11) is 0. The molecule has 0 bridgehead atoms. The van der Waals surface area contributed by atoms with Crippen molar-refractivity contribution >= 4 is 22.6 Å². The number of aryl methyl sites for hydroxylation is 1. The normalized spacial score (nSPS) is 10.4. The highest BCUT2D eigenvalue weighted by atomic mass is 16.4. The number of nitrogens with one attached hydrogen (secondary N) is 1. The predicted octanol–water partition coefficient (Wildman–Crippen LogP) is 1.06. The minimum Gasteiger partial charge on any atom is -0.505 e. The van der Waals surface area contributed by atoms with E-state index in [4.69, 9.17) is 5.11 Å². The molecule has 98 valence electrons. The highest BCUT2D eigenvalue weighted by molar-refractivity contribution is 6.02. The van der Waals surface area contributed by atoms with Crippen molar-refractivity contribution in [1.29, 1.82) is 0 Å². The van der Waals surface area contributed by atoms with Crippen LogP contribution in [-0.4, -0.2) is 33.6 Å². The van der Waals surface area contributed by atoms with Gasteiger partial charge in [0.05, 0.1) is 0 Å². The van der Waals surface area contributed by atoms with Crippen molar-refractivity contribution in [2.75, 3.05) is 6.54 Å². The minimum absolute atomic E-state index is 0.181. The lowest BCUT2D eigenvalue weighted by molar-refractivity contribution is -0.135. The van der Waals surface area contributed by atoms with E-state index in [9.17, 15) is 14.7 Å². The third-order valence-corrected chi connectivity index (χ3v) is 2.74. The summed E-state index contributed by atoms with van der Waals surface area (Å²) in [4.78, 5) is 26.0. The maximum atomic E-state index is 11.7. The topological polar surface area (TPSA) is 99.5 Å². The Morgan fingerprint density at radius 1 is 1.32 bits per heavy atom. The van der Waals surface area contributed by atoms with Crippen LogP contribution in [0.2, 0.25) is 0 Å². The maximum absolute atomic E-state index is 11.7. The zero-order valence-electron chi connectivity index (χ0n) is 10.2. The number of carboxylic acids is 1. The number of benzene rings is 1. The summed E-state index contributed by atoms with van der Waals surface area (Å²) in [6, 6.07) is 5.30. The van der Waals surface area contributed by atoms with Gasteiger partial charge in [-0.1, -0.05) is 18.2 Å². The van der Waals surface area contributed by atoms with Gasteiger partial charge in [0.15, 0.2) is 11.4 Å². The zero-order chi connectivity index (χ0) is 14.0. The molecule has 0 aliphatic carbocycles. The average molecular weight is 260 g/mol. The van der Waals surface area contributed by atoms with Crippen molar-refractivity contribution in [3.63, 3.8) is 0 Å². The molecule has 19 heavy (non-hydrogen) atoms. The molecule has 2 aromatic rings. The fourth-order valence-electron chi connectivity index (χ4n) is 1.78. The minimum atomic E-state index is -1.16. The van der Waals surface area contributed by atoms with Gasteiger partial charge in [0, 0.05) is 17.0 Å². The van der Waals surface area contributed by atoms with Crippen molar-refractivity contribution in [3.05, 3.63) is 35.7 Å². The maximum Gasteiger partial charge on any atom is 0.322 e. The van der Waals surface area contributed by atoms with Crippen LogP contribution >= 0.6 is 0 Å². The molecule has 1 heterocycles. The van der Waals surface area contributed by atoms with Crippen LogP contribution in [0.15, 0.2) is 24.4 Å². The number of carbonyl (C=O) groups excluding carboxylic acids is 1. The van der Waals surface area contributed by atoms with E-state index >= 15 is 0 Å². The van der Waals surface area contributed by atoms with E-state index in [2.05, 4.69) is 10.3 Å². The van der Waals surface area contributed by atoms with E-state index in [-0.39, 0.29) is 11.4 Å². The van der Waals surface area contributed by atoms with Crippen molar-refractivity contribution in [1.82, 2.24) is 10.3 Å². The van der Waals surface area contributed by atoms with Gasteiger partial charge in [-0.05, 0) is 12.5 Å². The molecule has 0 saturated carbocycles. The Labute approximate surface area is 108 Å². The second kappa shape index (κ2) is 4.93. The molecule has 0 aliphatic heterocycles. The van der Waals surface area contributed by atoms with E-state index in [0.717, 1.165) is 10.9 Å². The molecular formula is C13H12N2O4. The molecule has 0 atom stereocenters. The van der Waals surface area contributed by atoms with Gasteiger partial charge in [0.1, 0.15) is 6.54 Å². The molecule has 0 aliphatic rings. The van der Waals surface area contributed by atoms with Gasteiger partial charge in [0.25, 0.3) is 5.91 Å². The number of fused-ring (bicyclic) bond motifs is 1. The molecule has 6 heteroatoms. The Balaban J connectivity index is 2.43. The van der Waals surface area contributed by atoms with Crippen LogP contribution in [0.3, 0.4) is 0 Å². The van der Waals surface area contributed by atoms with E-state index < -0.39 is 18.4 Å². The number of amides is 1. The van der Waals surface area contributed by atoms with Gasteiger partial charge in [-0.25, -0.2) is 4.98 Å². The third kappa shape index (κ3) is 2.47. The molecule has 0 radical (unpaired) electrons. The number of hydrogen-bond donors (Lipinski definition) is 3. The van der Waals surface area contributed by atoms with Crippen molar-refractivity contribution in [2.45, 2.75) is 6.92 Å². The highest BCUT2D eigenvalue weighted by Crippen LogP contribution is 2.28. The number of carbonyl (C=O) groups is 2. The first-order valence-corrected chi connectivity index (χ1v) is 5.58. The van der Waals surface area contributed by atoms with Crippen molar-refractivity contribution in [2.24, 2.45) is 0 Å². The quantitative estimate of drug-likeness (QED) is 0.766. The molecule has 3 N–H and O–H groups in total. The van der Waals surface area contributed by atoms with E-state index in [1.54, 1.807) is 12.1 Å². The molecule has 0 fully saturated rings. The smallest absolute Gasteiger partial charge is 0.322 e. The fraction of sp³-hybridized carbons (Fsp3) is 0.154. The summed E-state index contributed by atoms with van der Waals surface area (Å²) < 4.78 is 0. The lowest BCUT2D eigenvalue weighted by atomic mass is 10.1. The number of hydrogen-bond acceptors (Lipinski definition) is 4. The lowest BCUT2D eigenvalue weighted by Crippen LogP contribution is -2.29. The Bertz CT molecular complexity index is 667. The zero-order valence-corrected chi connectivity index (χ0v) is 10.2. The summed E-state index contributed by atoms with van der Waals surface area (Å²) in [6.07, 6.45) is 1.49. The van der Waals surface area contributed by atoms with Crippen LogP contribution in [0, 0.1) is 6.92 Å². The lowest BCUT2D eigenvalue weighted by Gasteiger charge is -2.08. The number of aromatic hydroxyl groups is 1. The van der Waals surface area contributed by atoms with Gasteiger partial charge < -0.3 is 15.5 Å². The monoisotopic (exact) mass is 260 g/mol. The number of aromatic nitrogens is 1. The predicted molar refractivity (Wildman–Crippen MR) is 68.1 cm³/mol. The molecular weight excluding hydrogens is 248 g/mol. The summed E-state index contributed by atoms with van der Waals surface area (Å²) in [5, 5.41) is 21.9. The van der Waals surface area contributed by atoms with Gasteiger partial charge in [0.2, 0.25) is 0 Å². The number of carboxylic acid groups (broad SMARTS) is 1. The Morgan fingerprint density at radius 2 is 2.05 bits per heavy atom. The first kappa shape index (κ1) is 12.8. The van der Waals surface area contributed by atoms with Crippen LogP contribution in [-0.2, 0) is 4.79 Å². The van der Waals surface area contributed by atoms with Gasteiger partial charge >= 0.3 is 5.97 Å². The third-order valence-electron chi connectivity index (χ3n) is 2.74. The number of pyridine rings is 1. The molecule has 0 saturated heterocycles. The first-order valence-electron chi connectivity index (χ1n) is 5.58. The second-order valence-corrected chi connectivity index (χ2v) is 4.07.